The maximum atomic E-state index is 12.6. The molecule has 0 radical (unpaired) electrons. The monoisotopic (exact) mass is 477 g/mol. The number of carbonyl (C=O) groups is 1. The Balaban J connectivity index is 1.53. The van der Waals surface area contributed by atoms with Crippen LogP contribution in [0.4, 0.5) is 10.8 Å². The molecule has 0 fully saturated rings. The number of nitrogens with zero attached hydrogens (tertiary/aromatic N) is 5. The molecule has 0 aliphatic carbocycles. The highest BCUT2D eigenvalue weighted by atomic mass is 32.2. The molecule has 0 unspecified atom stereocenters. The number of hydrogen-bond donors (Lipinski definition) is 0. The third-order valence-corrected chi connectivity index (χ3v) is 7.21. The fourth-order valence-electron chi connectivity index (χ4n) is 3.93. The quantitative estimate of drug-likeness (QED) is 0.306. The summed E-state index contributed by atoms with van der Waals surface area (Å²) in [7, 11) is 0. The zero-order valence-electron chi connectivity index (χ0n) is 19.5. The standard InChI is InChI=1S/C25H27N5OS2/c1-16-11-17(2)23(18(3)12-16)30(20(5)31)24-26-22(14-32-24)15-33-25-28-27-19(4)29(25)13-21-9-7-6-8-10-21/h6-12,14H,13,15H2,1-5H3. The number of thiazole rings is 1. The van der Waals surface area contributed by atoms with Crippen LogP contribution in [0.2, 0.25) is 0 Å². The first kappa shape index (κ1) is 23.2. The zero-order chi connectivity index (χ0) is 23.5. The van der Waals surface area contributed by atoms with Gasteiger partial charge in [0.1, 0.15) is 5.82 Å². The number of aromatic nitrogens is 4. The van der Waals surface area contributed by atoms with Crippen LogP contribution in [0, 0.1) is 27.7 Å². The minimum Gasteiger partial charge on any atom is -0.302 e. The average molecular weight is 478 g/mol. The molecule has 0 N–H and O–H groups in total. The molecule has 4 rings (SSSR count). The van der Waals surface area contributed by atoms with Crippen molar-refractivity contribution in [2.45, 2.75) is 52.1 Å². The van der Waals surface area contributed by atoms with Gasteiger partial charge in [0.25, 0.3) is 0 Å². The predicted octanol–water partition coefficient (Wildman–Crippen LogP) is 5.99. The van der Waals surface area contributed by atoms with Crippen molar-refractivity contribution >= 4 is 39.8 Å². The highest BCUT2D eigenvalue weighted by Crippen LogP contribution is 2.35. The van der Waals surface area contributed by atoms with Crippen molar-refractivity contribution in [1.82, 2.24) is 19.7 Å². The summed E-state index contributed by atoms with van der Waals surface area (Å²) in [5, 5.41) is 12.2. The molecule has 1 amide bonds. The Morgan fingerprint density at radius 1 is 1.06 bits per heavy atom. The lowest BCUT2D eigenvalue weighted by Crippen LogP contribution is -2.24. The molecule has 0 bridgehead atoms. The molecule has 0 saturated heterocycles. The number of carbonyl (C=O) groups excluding carboxylic acids is 1. The summed E-state index contributed by atoms with van der Waals surface area (Å²) in [5.74, 6) is 1.49. The van der Waals surface area contributed by atoms with E-state index in [0.29, 0.717) is 10.9 Å². The van der Waals surface area contributed by atoms with Crippen LogP contribution in [0.25, 0.3) is 0 Å². The van der Waals surface area contributed by atoms with Crippen molar-refractivity contribution in [2.24, 2.45) is 0 Å². The van der Waals surface area contributed by atoms with Crippen LogP contribution in [-0.4, -0.2) is 25.7 Å². The number of benzene rings is 2. The molecule has 0 saturated carbocycles. The first-order valence-corrected chi connectivity index (χ1v) is 12.6. The second-order valence-corrected chi connectivity index (χ2v) is 9.89. The van der Waals surface area contributed by atoms with E-state index in [1.54, 1.807) is 23.6 Å². The van der Waals surface area contributed by atoms with E-state index in [4.69, 9.17) is 4.98 Å². The SMILES string of the molecule is CC(=O)N(c1nc(CSc2nnc(C)n2Cc2ccccc2)cs1)c1c(C)cc(C)cc1C. The minimum absolute atomic E-state index is 0.0446. The first-order valence-electron chi connectivity index (χ1n) is 10.7. The topological polar surface area (TPSA) is 63.9 Å². The smallest absolute Gasteiger partial charge is 0.230 e. The summed E-state index contributed by atoms with van der Waals surface area (Å²) in [4.78, 5) is 19.1. The fourth-order valence-corrected chi connectivity index (χ4v) is 5.79. The molecule has 2 aromatic heterocycles. The molecular weight excluding hydrogens is 450 g/mol. The Hall–Kier alpha value is -2.97. The molecule has 4 aromatic rings. The summed E-state index contributed by atoms with van der Waals surface area (Å²) in [6, 6.07) is 14.5. The van der Waals surface area contributed by atoms with E-state index in [-0.39, 0.29) is 5.91 Å². The van der Waals surface area contributed by atoms with E-state index >= 15 is 0 Å². The summed E-state index contributed by atoms with van der Waals surface area (Å²) in [6.45, 7) is 10.4. The highest BCUT2D eigenvalue weighted by molar-refractivity contribution is 7.98. The van der Waals surface area contributed by atoms with E-state index < -0.39 is 0 Å². The largest absolute Gasteiger partial charge is 0.302 e. The van der Waals surface area contributed by atoms with E-state index in [9.17, 15) is 4.79 Å². The van der Waals surface area contributed by atoms with Gasteiger partial charge in [-0.3, -0.25) is 9.69 Å². The Morgan fingerprint density at radius 3 is 2.42 bits per heavy atom. The van der Waals surface area contributed by atoms with E-state index in [2.05, 4.69) is 46.0 Å². The zero-order valence-corrected chi connectivity index (χ0v) is 21.1. The van der Waals surface area contributed by atoms with Crippen LogP contribution >= 0.6 is 23.1 Å². The summed E-state index contributed by atoms with van der Waals surface area (Å²) in [6.07, 6.45) is 0. The number of aryl methyl sites for hydroxylation is 4. The molecule has 170 valence electrons. The van der Waals surface area contributed by atoms with Gasteiger partial charge in [-0.1, -0.05) is 59.8 Å². The average Bonchev–Trinajstić information content (AvgIpc) is 3.36. The Kier molecular flexibility index (Phi) is 6.95. The van der Waals surface area contributed by atoms with Crippen molar-refractivity contribution in [3.05, 3.63) is 81.6 Å². The van der Waals surface area contributed by atoms with Crippen LogP contribution in [0.15, 0.2) is 53.0 Å². The Labute approximate surface area is 202 Å². The van der Waals surface area contributed by atoms with E-state index in [0.717, 1.165) is 40.0 Å². The van der Waals surface area contributed by atoms with Crippen molar-refractivity contribution in [3.63, 3.8) is 0 Å². The van der Waals surface area contributed by atoms with Gasteiger partial charge in [0.2, 0.25) is 5.91 Å². The van der Waals surface area contributed by atoms with Gasteiger partial charge in [-0.2, -0.15) is 0 Å². The third-order valence-electron chi connectivity index (χ3n) is 5.34. The van der Waals surface area contributed by atoms with Crippen LogP contribution < -0.4 is 4.90 Å². The minimum atomic E-state index is -0.0446. The summed E-state index contributed by atoms with van der Waals surface area (Å²) < 4.78 is 2.12. The van der Waals surface area contributed by atoms with Gasteiger partial charge in [0, 0.05) is 18.1 Å². The number of rotatable bonds is 7. The lowest BCUT2D eigenvalue weighted by molar-refractivity contribution is -0.115. The fraction of sp³-hybridized carbons (Fsp3) is 0.280. The van der Waals surface area contributed by atoms with E-state index in [1.165, 1.54) is 22.5 Å². The Morgan fingerprint density at radius 2 is 1.76 bits per heavy atom. The number of hydrogen-bond acceptors (Lipinski definition) is 6. The maximum absolute atomic E-state index is 12.6. The second-order valence-electron chi connectivity index (χ2n) is 8.11. The molecule has 8 heteroatoms. The molecule has 33 heavy (non-hydrogen) atoms. The van der Waals surface area contributed by atoms with Crippen LogP contribution in [-0.2, 0) is 17.1 Å². The molecule has 2 heterocycles. The second kappa shape index (κ2) is 9.89. The summed E-state index contributed by atoms with van der Waals surface area (Å²) >= 11 is 3.10. The van der Waals surface area contributed by atoms with Crippen molar-refractivity contribution < 1.29 is 4.79 Å². The lowest BCUT2D eigenvalue weighted by atomic mass is 10.0. The molecule has 0 aliphatic rings. The van der Waals surface area contributed by atoms with Gasteiger partial charge in [-0.05, 0) is 44.4 Å². The van der Waals surface area contributed by atoms with Crippen LogP contribution in [0.3, 0.4) is 0 Å². The number of amides is 1. The van der Waals surface area contributed by atoms with Crippen molar-refractivity contribution in [3.8, 4) is 0 Å². The van der Waals surface area contributed by atoms with Gasteiger partial charge < -0.3 is 4.57 Å². The number of anilines is 2. The predicted molar refractivity (Wildman–Crippen MR) is 135 cm³/mol. The molecule has 0 atom stereocenters. The van der Waals surface area contributed by atoms with Crippen molar-refractivity contribution in [1.29, 1.82) is 0 Å². The van der Waals surface area contributed by atoms with Gasteiger partial charge in [-0.25, -0.2) is 4.98 Å². The summed E-state index contributed by atoms with van der Waals surface area (Å²) in [5.41, 5.74) is 6.36. The molecule has 0 spiro atoms. The normalized spacial score (nSPS) is 11.1. The van der Waals surface area contributed by atoms with Crippen LogP contribution in [0.1, 0.15) is 40.7 Å². The van der Waals surface area contributed by atoms with Gasteiger partial charge in [0.05, 0.1) is 17.9 Å². The molecule has 0 aliphatic heterocycles. The van der Waals surface area contributed by atoms with Crippen LogP contribution in [0.5, 0.6) is 0 Å². The number of thioether (sulfide) groups is 1. The van der Waals surface area contributed by atoms with Gasteiger partial charge in [-0.15, -0.1) is 21.5 Å². The van der Waals surface area contributed by atoms with E-state index in [1.807, 2.05) is 44.4 Å². The van der Waals surface area contributed by atoms with Gasteiger partial charge in [0.15, 0.2) is 10.3 Å². The first-order chi connectivity index (χ1) is 15.8. The molecular formula is C25H27N5OS2. The van der Waals surface area contributed by atoms with Crippen molar-refractivity contribution in [2.75, 3.05) is 4.90 Å². The maximum Gasteiger partial charge on any atom is 0.230 e. The highest BCUT2D eigenvalue weighted by Gasteiger charge is 2.22. The molecule has 2 aromatic carbocycles. The van der Waals surface area contributed by atoms with Gasteiger partial charge >= 0.3 is 0 Å². The molecule has 6 nitrogen and oxygen atoms in total. The Bertz CT molecular complexity index is 1260. The third kappa shape index (κ3) is 5.17. The lowest BCUT2D eigenvalue weighted by Gasteiger charge is -2.23.